The van der Waals surface area contributed by atoms with Gasteiger partial charge in [-0.25, -0.2) is 13.1 Å². The van der Waals surface area contributed by atoms with Crippen LogP contribution in [-0.4, -0.2) is 26.3 Å². The van der Waals surface area contributed by atoms with Gasteiger partial charge in [-0.3, -0.25) is 4.79 Å². The van der Waals surface area contributed by atoms with E-state index in [1.807, 2.05) is 0 Å². The van der Waals surface area contributed by atoms with E-state index in [9.17, 15) is 23.1 Å². The molecule has 0 saturated heterocycles. The van der Waals surface area contributed by atoms with Gasteiger partial charge in [-0.05, 0) is 24.1 Å². The minimum atomic E-state index is -4.08. The Morgan fingerprint density at radius 1 is 1.16 bits per heavy atom. The third kappa shape index (κ3) is 4.88. The van der Waals surface area contributed by atoms with E-state index in [0.29, 0.717) is 5.69 Å². The van der Waals surface area contributed by atoms with Gasteiger partial charge in [-0.2, -0.15) is 0 Å². The summed E-state index contributed by atoms with van der Waals surface area (Å²) in [5.41, 5.74) is 0.584. The number of sulfonamides is 1. The zero-order valence-electron chi connectivity index (χ0n) is 13.6. The molecule has 0 radical (unpaired) electrons. The Labute approximate surface area is 149 Å². The normalized spacial score (nSPS) is 12.8. The van der Waals surface area contributed by atoms with Crippen molar-refractivity contribution >= 4 is 38.9 Å². The first-order valence-electron chi connectivity index (χ1n) is 7.39. The number of carboxylic acids is 1. The first-order chi connectivity index (χ1) is 11.7. The van der Waals surface area contributed by atoms with Crippen molar-refractivity contribution in [3.8, 4) is 0 Å². The van der Waals surface area contributed by atoms with Crippen LogP contribution < -0.4 is 15.1 Å². The average molecular weight is 381 g/mol. The van der Waals surface area contributed by atoms with E-state index in [2.05, 4.69) is 10.0 Å². The van der Waals surface area contributed by atoms with Gasteiger partial charge in [0.05, 0.1) is 21.8 Å². The molecule has 0 unspecified atom stereocenters. The van der Waals surface area contributed by atoms with Gasteiger partial charge in [0.1, 0.15) is 0 Å². The Kier molecular flexibility index (Phi) is 5.93. The number of benzene rings is 1. The summed E-state index contributed by atoms with van der Waals surface area (Å²) in [6.07, 6.45) is 0. The van der Waals surface area contributed by atoms with Crippen molar-refractivity contribution in [2.45, 2.75) is 24.8 Å². The maximum atomic E-state index is 12.3. The van der Waals surface area contributed by atoms with Crippen LogP contribution in [0, 0.1) is 5.92 Å². The van der Waals surface area contributed by atoms with E-state index in [-0.39, 0.29) is 9.77 Å². The first-order valence-corrected chi connectivity index (χ1v) is 9.75. The Hall–Kier alpha value is -2.23. The molecule has 0 saturated carbocycles. The van der Waals surface area contributed by atoms with Gasteiger partial charge >= 0.3 is 0 Å². The predicted molar refractivity (Wildman–Crippen MR) is 92.7 cm³/mol. The third-order valence-corrected chi connectivity index (χ3v) is 5.84. The van der Waals surface area contributed by atoms with Gasteiger partial charge in [0.15, 0.2) is 0 Å². The van der Waals surface area contributed by atoms with Crippen molar-refractivity contribution in [1.29, 1.82) is 0 Å². The van der Waals surface area contributed by atoms with Gasteiger partial charge in [0.25, 0.3) is 5.91 Å². The molecule has 2 aromatic rings. The van der Waals surface area contributed by atoms with Crippen LogP contribution in [0.1, 0.15) is 23.5 Å². The lowest BCUT2D eigenvalue weighted by Crippen LogP contribution is -2.50. The molecule has 0 bridgehead atoms. The molecule has 0 fully saturated rings. The molecule has 0 spiro atoms. The molecule has 0 aliphatic carbocycles. The van der Waals surface area contributed by atoms with Crippen LogP contribution in [0.2, 0.25) is 0 Å². The maximum Gasteiger partial charge on any atom is 0.265 e. The van der Waals surface area contributed by atoms with Crippen LogP contribution in [0.5, 0.6) is 0 Å². The number of rotatable bonds is 7. The maximum absolute atomic E-state index is 12.3. The Balaban J connectivity index is 2.16. The average Bonchev–Trinajstić information content (AvgIpc) is 3.04. The summed E-state index contributed by atoms with van der Waals surface area (Å²) < 4.78 is 26.7. The number of thiophene rings is 1. The molecule has 1 heterocycles. The minimum absolute atomic E-state index is 0.164. The number of anilines is 1. The Bertz CT molecular complexity index is 860. The van der Waals surface area contributed by atoms with Crippen LogP contribution in [0.25, 0.3) is 0 Å². The molecule has 7 nitrogen and oxygen atoms in total. The number of hydrogen-bond acceptors (Lipinski definition) is 6. The quantitative estimate of drug-likeness (QED) is 0.744. The zero-order valence-corrected chi connectivity index (χ0v) is 15.2. The van der Waals surface area contributed by atoms with Crippen molar-refractivity contribution in [2.75, 3.05) is 5.32 Å². The largest absolute Gasteiger partial charge is 0.548 e. The summed E-state index contributed by atoms with van der Waals surface area (Å²) in [5, 5.41) is 15.0. The molecule has 0 aliphatic heterocycles. The number of amides is 1. The highest BCUT2D eigenvalue weighted by Gasteiger charge is 2.25. The lowest BCUT2D eigenvalue weighted by atomic mass is 10.1. The predicted octanol–water partition coefficient (Wildman–Crippen LogP) is 1.05. The van der Waals surface area contributed by atoms with Gasteiger partial charge < -0.3 is 15.2 Å². The van der Waals surface area contributed by atoms with Crippen molar-refractivity contribution < 1.29 is 23.1 Å². The molecule has 2 rings (SSSR count). The van der Waals surface area contributed by atoms with Crippen molar-refractivity contribution in [3.05, 3.63) is 46.7 Å². The summed E-state index contributed by atoms with van der Waals surface area (Å²) in [5.74, 6) is -2.44. The number of aliphatic carboxylic acids is 1. The Morgan fingerprint density at radius 2 is 1.80 bits per heavy atom. The SMILES string of the molecule is CC(C)[C@H](NS(=O)(=O)c1csc(C(=O)Nc2ccccc2)c1)C(=O)[O-]. The lowest BCUT2D eigenvalue weighted by Gasteiger charge is -2.22. The fourth-order valence-electron chi connectivity index (χ4n) is 1.98. The van der Waals surface area contributed by atoms with Crippen LogP contribution in [-0.2, 0) is 14.8 Å². The number of carbonyl (C=O) groups excluding carboxylic acids is 2. The van der Waals surface area contributed by atoms with E-state index in [4.69, 9.17) is 0 Å². The molecule has 25 heavy (non-hydrogen) atoms. The number of nitrogens with one attached hydrogen (secondary N) is 2. The topological polar surface area (TPSA) is 115 Å². The molecule has 2 N–H and O–H groups in total. The number of hydrogen-bond donors (Lipinski definition) is 2. The van der Waals surface area contributed by atoms with E-state index in [1.54, 1.807) is 44.2 Å². The fourth-order valence-corrected chi connectivity index (χ4v) is 4.49. The van der Waals surface area contributed by atoms with Crippen molar-refractivity contribution in [3.63, 3.8) is 0 Å². The monoisotopic (exact) mass is 381 g/mol. The second-order valence-corrected chi connectivity index (χ2v) is 8.25. The van der Waals surface area contributed by atoms with Crippen LogP contribution in [0.15, 0.2) is 46.7 Å². The molecule has 134 valence electrons. The smallest absolute Gasteiger partial charge is 0.265 e. The van der Waals surface area contributed by atoms with Gasteiger partial charge in [-0.15, -0.1) is 11.3 Å². The highest BCUT2D eigenvalue weighted by atomic mass is 32.2. The molecule has 0 aliphatic rings. The highest BCUT2D eigenvalue weighted by molar-refractivity contribution is 7.89. The van der Waals surface area contributed by atoms with Crippen LogP contribution >= 0.6 is 11.3 Å². The third-order valence-electron chi connectivity index (χ3n) is 3.34. The highest BCUT2D eigenvalue weighted by Crippen LogP contribution is 2.21. The summed E-state index contributed by atoms with van der Waals surface area (Å²) in [6, 6.07) is 8.59. The minimum Gasteiger partial charge on any atom is -0.548 e. The summed E-state index contributed by atoms with van der Waals surface area (Å²) >= 11 is 0.953. The van der Waals surface area contributed by atoms with E-state index >= 15 is 0 Å². The standard InChI is InChI=1S/C16H18N2O5S2/c1-10(2)14(16(20)21)18-25(22,23)12-8-13(24-9-12)15(19)17-11-6-4-3-5-7-11/h3-10,14,18H,1-2H3,(H,17,19)(H,20,21)/p-1/t14-/m0/s1. The summed E-state index contributed by atoms with van der Waals surface area (Å²) in [4.78, 5) is 23.3. The molecule has 1 aromatic heterocycles. The number of carboxylic acid groups (broad SMARTS) is 1. The van der Waals surface area contributed by atoms with Crippen LogP contribution in [0.3, 0.4) is 0 Å². The molecular weight excluding hydrogens is 364 g/mol. The molecule has 1 aromatic carbocycles. The van der Waals surface area contributed by atoms with Crippen LogP contribution in [0.4, 0.5) is 5.69 Å². The summed E-state index contributed by atoms with van der Waals surface area (Å²) in [7, 11) is -4.08. The zero-order chi connectivity index (χ0) is 18.6. The summed E-state index contributed by atoms with van der Waals surface area (Å²) in [6.45, 7) is 3.13. The van der Waals surface area contributed by atoms with Gasteiger partial charge in [0.2, 0.25) is 10.0 Å². The van der Waals surface area contributed by atoms with Gasteiger partial charge in [-0.1, -0.05) is 32.0 Å². The second-order valence-electron chi connectivity index (χ2n) is 5.63. The van der Waals surface area contributed by atoms with Crippen molar-refractivity contribution in [2.24, 2.45) is 5.92 Å². The molecular formula is C16H17N2O5S2-. The van der Waals surface area contributed by atoms with E-state index in [0.717, 1.165) is 11.3 Å². The Morgan fingerprint density at radius 3 is 2.36 bits per heavy atom. The number of carbonyl (C=O) groups is 2. The lowest BCUT2D eigenvalue weighted by molar-refractivity contribution is -0.309. The number of para-hydroxylation sites is 1. The fraction of sp³-hybridized carbons (Fsp3) is 0.250. The molecule has 1 amide bonds. The first kappa shape index (κ1) is 19.1. The van der Waals surface area contributed by atoms with Gasteiger partial charge in [0, 0.05) is 11.1 Å². The van der Waals surface area contributed by atoms with E-state index in [1.165, 1.54) is 11.4 Å². The molecule has 9 heteroatoms. The second kappa shape index (κ2) is 7.77. The van der Waals surface area contributed by atoms with E-state index < -0.39 is 33.9 Å². The van der Waals surface area contributed by atoms with Crippen molar-refractivity contribution in [1.82, 2.24) is 4.72 Å². The molecule has 1 atom stereocenters.